The number of carbonyl (C=O) groups excluding carboxylic acids is 1. The lowest BCUT2D eigenvalue weighted by molar-refractivity contribution is 0.0703. The van der Waals surface area contributed by atoms with Crippen LogP contribution in [0.4, 0.5) is 16.4 Å². The molecule has 168 valence electrons. The van der Waals surface area contributed by atoms with Crippen molar-refractivity contribution >= 4 is 46.3 Å². The number of hydrogen-bond donors (Lipinski definition) is 4. The maximum Gasteiger partial charge on any atom is 0.411 e. The Morgan fingerprint density at radius 1 is 1.24 bits per heavy atom. The van der Waals surface area contributed by atoms with E-state index in [4.69, 9.17) is 23.1 Å². The summed E-state index contributed by atoms with van der Waals surface area (Å²) in [5, 5.41) is 23.7. The Balaban J connectivity index is 1.76. The SMILES string of the molecule is C#Cc1cc(Cl)cc(N2C(=O)c3ccccc3C2(O)c2ccc3[nH]c(NC(=O)O)nc3c2)c1C. The van der Waals surface area contributed by atoms with Crippen molar-refractivity contribution in [1.82, 2.24) is 9.97 Å². The molecule has 0 saturated carbocycles. The number of benzene rings is 3. The highest BCUT2D eigenvalue weighted by atomic mass is 35.5. The summed E-state index contributed by atoms with van der Waals surface area (Å²) in [7, 11) is 0. The second kappa shape index (κ2) is 7.63. The van der Waals surface area contributed by atoms with E-state index in [0.29, 0.717) is 49.6 Å². The minimum atomic E-state index is -1.90. The molecule has 5 rings (SSSR count). The lowest BCUT2D eigenvalue weighted by Crippen LogP contribution is -2.45. The standard InChI is InChI=1S/C25H17ClN4O4/c1-3-14-10-16(26)12-21(13(14)2)30-22(31)17-6-4-5-7-18(17)25(30,34)15-8-9-19-20(11-15)28-23(27-19)29-24(32)33/h1,4-12,34H,2H3,(H,32,33)(H2,27,28,29). The van der Waals surface area contributed by atoms with Gasteiger partial charge in [-0.25, -0.2) is 9.78 Å². The average molecular weight is 473 g/mol. The number of aromatic nitrogens is 2. The summed E-state index contributed by atoms with van der Waals surface area (Å²) < 4.78 is 0. The van der Waals surface area contributed by atoms with Gasteiger partial charge in [0.15, 0.2) is 5.72 Å². The molecule has 8 nitrogen and oxygen atoms in total. The third-order valence-electron chi connectivity index (χ3n) is 5.91. The van der Waals surface area contributed by atoms with Gasteiger partial charge in [0, 0.05) is 27.3 Å². The zero-order chi connectivity index (χ0) is 24.2. The third kappa shape index (κ3) is 3.10. The number of nitrogens with one attached hydrogen (secondary N) is 2. The highest BCUT2D eigenvalue weighted by Crippen LogP contribution is 2.47. The largest absolute Gasteiger partial charge is 0.465 e. The van der Waals surface area contributed by atoms with Crippen LogP contribution in [0, 0.1) is 19.3 Å². The third-order valence-corrected chi connectivity index (χ3v) is 6.13. The number of aromatic amines is 1. The van der Waals surface area contributed by atoms with Crippen molar-refractivity contribution in [2.24, 2.45) is 0 Å². The fourth-order valence-electron chi connectivity index (χ4n) is 4.36. The number of H-pyrrole nitrogens is 1. The molecular weight excluding hydrogens is 456 g/mol. The minimum Gasteiger partial charge on any atom is -0.465 e. The molecule has 1 atom stereocenters. The van der Waals surface area contributed by atoms with Crippen LogP contribution < -0.4 is 10.2 Å². The van der Waals surface area contributed by atoms with E-state index in [1.165, 1.54) is 4.90 Å². The summed E-state index contributed by atoms with van der Waals surface area (Å²) in [6.07, 6.45) is 4.39. The van der Waals surface area contributed by atoms with Crippen LogP contribution in [0.15, 0.2) is 54.6 Å². The smallest absolute Gasteiger partial charge is 0.411 e. The highest BCUT2D eigenvalue weighted by molar-refractivity contribution is 6.31. The summed E-state index contributed by atoms with van der Waals surface area (Å²) >= 11 is 6.32. The summed E-state index contributed by atoms with van der Waals surface area (Å²) in [4.78, 5) is 33.0. The lowest BCUT2D eigenvalue weighted by atomic mass is 9.92. The number of carboxylic acid groups (broad SMARTS) is 1. The minimum absolute atomic E-state index is 0.0377. The molecule has 0 bridgehead atoms. The number of amides is 2. The van der Waals surface area contributed by atoms with Crippen LogP contribution >= 0.6 is 11.6 Å². The maximum absolute atomic E-state index is 13.6. The van der Waals surface area contributed by atoms with Gasteiger partial charge in [-0.1, -0.05) is 41.8 Å². The van der Waals surface area contributed by atoms with Crippen molar-refractivity contribution in [3.8, 4) is 12.3 Å². The fourth-order valence-corrected chi connectivity index (χ4v) is 4.57. The number of fused-ring (bicyclic) bond motifs is 2. The van der Waals surface area contributed by atoms with Crippen molar-refractivity contribution in [3.05, 3.63) is 87.4 Å². The first-order valence-corrected chi connectivity index (χ1v) is 10.5. The Kier molecular flexibility index (Phi) is 4.83. The molecule has 34 heavy (non-hydrogen) atoms. The number of carbonyl (C=O) groups is 2. The molecule has 0 aliphatic carbocycles. The molecule has 9 heteroatoms. The van der Waals surface area contributed by atoms with Crippen LogP contribution in [-0.4, -0.2) is 32.2 Å². The Bertz CT molecular complexity index is 1550. The van der Waals surface area contributed by atoms with E-state index in [1.54, 1.807) is 61.5 Å². The van der Waals surface area contributed by atoms with Gasteiger partial charge >= 0.3 is 6.09 Å². The second-order valence-corrected chi connectivity index (χ2v) is 8.28. The van der Waals surface area contributed by atoms with Crippen LogP contribution in [0.1, 0.15) is 32.6 Å². The molecule has 2 amide bonds. The van der Waals surface area contributed by atoms with Crippen LogP contribution in [0.25, 0.3) is 11.0 Å². The zero-order valence-corrected chi connectivity index (χ0v) is 18.5. The Hall–Kier alpha value is -4.32. The number of hydrogen-bond acceptors (Lipinski definition) is 4. The zero-order valence-electron chi connectivity index (χ0n) is 17.8. The number of nitrogens with zero attached hydrogens (tertiary/aromatic N) is 2. The van der Waals surface area contributed by atoms with E-state index >= 15 is 0 Å². The van der Waals surface area contributed by atoms with Crippen LogP contribution in [0.2, 0.25) is 5.02 Å². The van der Waals surface area contributed by atoms with Gasteiger partial charge in [0.05, 0.1) is 16.7 Å². The molecule has 0 saturated heterocycles. The summed E-state index contributed by atoms with van der Waals surface area (Å²) in [6, 6.07) is 14.9. The van der Waals surface area contributed by atoms with Crippen molar-refractivity contribution in [3.63, 3.8) is 0 Å². The Morgan fingerprint density at radius 2 is 2.00 bits per heavy atom. The number of terminal acetylenes is 1. The number of anilines is 2. The quantitative estimate of drug-likeness (QED) is 0.328. The van der Waals surface area contributed by atoms with E-state index in [1.807, 2.05) is 0 Å². The van der Waals surface area contributed by atoms with E-state index in [0.717, 1.165) is 0 Å². The van der Waals surface area contributed by atoms with Gasteiger partial charge in [0.2, 0.25) is 5.95 Å². The second-order valence-electron chi connectivity index (χ2n) is 7.85. The molecule has 0 radical (unpaired) electrons. The van der Waals surface area contributed by atoms with Gasteiger partial charge < -0.3 is 15.2 Å². The van der Waals surface area contributed by atoms with Crippen molar-refractivity contribution in [2.45, 2.75) is 12.6 Å². The van der Waals surface area contributed by atoms with E-state index in [-0.39, 0.29) is 5.95 Å². The van der Waals surface area contributed by atoms with Gasteiger partial charge in [-0.05, 0) is 42.8 Å². The molecule has 2 heterocycles. The van der Waals surface area contributed by atoms with Crippen LogP contribution in [0.5, 0.6) is 0 Å². The molecule has 4 aromatic rings. The first-order valence-electron chi connectivity index (χ1n) is 10.2. The van der Waals surface area contributed by atoms with Gasteiger partial charge in [-0.3, -0.25) is 15.0 Å². The number of imidazole rings is 1. The summed E-state index contributed by atoms with van der Waals surface area (Å²) in [5.41, 5.74) is 1.62. The van der Waals surface area contributed by atoms with Gasteiger partial charge in [-0.15, -0.1) is 6.42 Å². The topological polar surface area (TPSA) is 119 Å². The van der Waals surface area contributed by atoms with Gasteiger partial charge in [-0.2, -0.15) is 0 Å². The molecule has 1 unspecified atom stereocenters. The molecular formula is C25H17ClN4O4. The van der Waals surface area contributed by atoms with Crippen LogP contribution in [0.3, 0.4) is 0 Å². The summed E-state index contributed by atoms with van der Waals surface area (Å²) in [5.74, 6) is 2.20. The van der Waals surface area contributed by atoms with E-state index in [9.17, 15) is 14.7 Å². The molecule has 4 N–H and O–H groups in total. The van der Waals surface area contributed by atoms with E-state index in [2.05, 4.69) is 21.2 Å². The lowest BCUT2D eigenvalue weighted by Gasteiger charge is -2.36. The molecule has 1 aliphatic rings. The van der Waals surface area contributed by atoms with Crippen LogP contribution in [-0.2, 0) is 5.72 Å². The van der Waals surface area contributed by atoms with Gasteiger partial charge in [0.25, 0.3) is 5.91 Å². The maximum atomic E-state index is 13.6. The average Bonchev–Trinajstić information content (AvgIpc) is 3.30. The number of halogens is 1. The highest BCUT2D eigenvalue weighted by Gasteiger charge is 2.51. The Labute approximate surface area is 198 Å². The normalized spacial score (nSPS) is 17.0. The first kappa shape index (κ1) is 21.5. The first-order chi connectivity index (χ1) is 16.2. The molecule has 0 spiro atoms. The monoisotopic (exact) mass is 472 g/mol. The molecule has 0 fully saturated rings. The predicted molar refractivity (Wildman–Crippen MR) is 128 cm³/mol. The fraction of sp³-hybridized carbons (Fsp3) is 0.0800. The van der Waals surface area contributed by atoms with Crippen molar-refractivity contribution in [1.29, 1.82) is 0 Å². The molecule has 3 aromatic carbocycles. The number of aliphatic hydroxyl groups is 1. The Morgan fingerprint density at radius 3 is 2.74 bits per heavy atom. The van der Waals surface area contributed by atoms with Crippen molar-refractivity contribution < 1.29 is 19.8 Å². The van der Waals surface area contributed by atoms with Crippen molar-refractivity contribution in [2.75, 3.05) is 10.2 Å². The van der Waals surface area contributed by atoms with E-state index < -0.39 is 17.7 Å². The predicted octanol–water partition coefficient (Wildman–Crippen LogP) is 4.45. The van der Waals surface area contributed by atoms with Gasteiger partial charge in [0.1, 0.15) is 0 Å². The number of rotatable bonds is 3. The molecule has 1 aromatic heterocycles. The summed E-state index contributed by atoms with van der Waals surface area (Å²) in [6.45, 7) is 1.76. The molecule has 1 aliphatic heterocycles.